The molecule has 1 amide bonds. The molecule has 4 heteroatoms. The number of carbonyl (C=O) groups is 1. The van der Waals surface area contributed by atoms with Crippen LogP contribution in [0.2, 0.25) is 0 Å². The fourth-order valence-corrected chi connectivity index (χ4v) is 1.76. The largest absolute Gasteiger partial charge is 0.396 e. The summed E-state index contributed by atoms with van der Waals surface area (Å²) in [5.41, 5.74) is 5.70. The molecule has 0 spiro atoms. The minimum atomic E-state index is -0.388. The van der Waals surface area contributed by atoms with Crippen molar-refractivity contribution in [3.8, 4) is 0 Å². The van der Waals surface area contributed by atoms with Crippen LogP contribution in [0, 0.1) is 5.92 Å². The van der Waals surface area contributed by atoms with E-state index in [9.17, 15) is 4.79 Å². The quantitative estimate of drug-likeness (QED) is 0.554. The summed E-state index contributed by atoms with van der Waals surface area (Å²) in [6.45, 7) is 4.93. The van der Waals surface area contributed by atoms with E-state index >= 15 is 0 Å². The van der Waals surface area contributed by atoms with Gasteiger partial charge in [-0.25, -0.2) is 0 Å². The van der Waals surface area contributed by atoms with E-state index in [1.807, 2.05) is 6.92 Å². The van der Waals surface area contributed by atoms with Crippen LogP contribution in [-0.4, -0.2) is 30.2 Å². The maximum Gasteiger partial charge on any atom is 0.236 e. The highest BCUT2D eigenvalue weighted by molar-refractivity contribution is 5.81. The molecule has 4 nitrogen and oxygen atoms in total. The van der Waals surface area contributed by atoms with E-state index in [0.29, 0.717) is 12.5 Å². The molecule has 0 rings (SSSR count). The Morgan fingerprint density at radius 3 is 2.38 bits per heavy atom. The molecule has 0 saturated heterocycles. The van der Waals surface area contributed by atoms with Gasteiger partial charge in [0.1, 0.15) is 0 Å². The Hall–Kier alpha value is -0.610. The molecule has 0 fully saturated rings. The first-order valence-corrected chi connectivity index (χ1v) is 6.29. The Bertz CT molecular complexity index is 180. The molecule has 16 heavy (non-hydrogen) atoms. The molecular formula is C12H26N2O2. The van der Waals surface area contributed by atoms with Gasteiger partial charge in [-0.3, -0.25) is 4.79 Å². The van der Waals surface area contributed by atoms with Crippen molar-refractivity contribution < 1.29 is 9.90 Å². The molecule has 0 radical (unpaired) electrons. The molecule has 0 saturated carbocycles. The number of hydrogen-bond donors (Lipinski definition) is 3. The standard InChI is InChI=1S/C12H26N2O2/c1-3-5-10(7-8-15)9-14-12(16)11(13)6-4-2/h10-11,15H,3-9,13H2,1-2H3,(H,14,16). The van der Waals surface area contributed by atoms with E-state index < -0.39 is 0 Å². The summed E-state index contributed by atoms with van der Waals surface area (Å²) in [6.07, 6.45) is 4.50. The summed E-state index contributed by atoms with van der Waals surface area (Å²) in [7, 11) is 0. The number of hydrogen-bond acceptors (Lipinski definition) is 3. The Morgan fingerprint density at radius 2 is 1.88 bits per heavy atom. The van der Waals surface area contributed by atoms with Crippen LogP contribution in [0.4, 0.5) is 0 Å². The van der Waals surface area contributed by atoms with E-state index in [0.717, 1.165) is 32.1 Å². The monoisotopic (exact) mass is 230 g/mol. The van der Waals surface area contributed by atoms with Gasteiger partial charge >= 0.3 is 0 Å². The molecule has 2 atom stereocenters. The predicted octanol–water partition coefficient (Wildman–Crippen LogP) is 1.03. The lowest BCUT2D eigenvalue weighted by molar-refractivity contribution is -0.122. The topological polar surface area (TPSA) is 75.3 Å². The summed E-state index contributed by atoms with van der Waals surface area (Å²) >= 11 is 0. The summed E-state index contributed by atoms with van der Waals surface area (Å²) in [6, 6.07) is -0.388. The lowest BCUT2D eigenvalue weighted by Gasteiger charge is -2.17. The van der Waals surface area contributed by atoms with Gasteiger partial charge < -0.3 is 16.2 Å². The van der Waals surface area contributed by atoms with Crippen LogP contribution < -0.4 is 11.1 Å². The van der Waals surface area contributed by atoms with Crippen molar-refractivity contribution in [1.82, 2.24) is 5.32 Å². The Kier molecular flexibility index (Phi) is 9.24. The highest BCUT2D eigenvalue weighted by atomic mass is 16.3. The maximum atomic E-state index is 11.5. The molecule has 2 unspecified atom stereocenters. The molecule has 96 valence electrons. The van der Waals surface area contributed by atoms with E-state index in [-0.39, 0.29) is 18.6 Å². The fraction of sp³-hybridized carbons (Fsp3) is 0.917. The van der Waals surface area contributed by atoms with Gasteiger partial charge in [0, 0.05) is 13.2 Å². The summed E-state index contributed by atoms with van der Waals surface area (Å²) in [5, 5.41) is 11.7. The summed E-state index contributed by atoms with van der Waals surface area (Å²) < 4.78 is 0. The molecule has 0 aromatic rings. The number of aliphatic hydroxyl groups excluding tert-OH is 1. The van der Waals surface area contributed by atoms with Crippen molar-refractivity contribution in [2.45, 2.75) is 52.0 Å². The van der Waals surface area contributed by atoms with Gasteiger partial charge in [0.25, 0.3) is 0 Å². The Balaban J connectivity index is 3.85. The number of carbonyl (C=O) groups excluding carboxylic acids is 1. The van der Waals surface area contributed by atoms with Crippen LogP contribution in [0.3, 0.4) is 0 Å². The van der Waals surface area contributed by atoms with Gasteiger partial charge in [0.2, 0.25) is 5.91 Å². The van der Waals surface area contributed by atoms with Gasteiger partial charge in [0.15, 0.2) is 0 Å². The molecule has 0 heterocycles. The van der Waals surface area contributed by atoms with Gasteiger partial charge in [-0.05, 0) is 25.2 Å². The van der Waals surface area contributed by atoms with Crippen LogP contribution in [0.5, 0.6) is 0 Å². The molecule has 0 aliphatic rings. The zero-order valence-corrected chi connectivity index (χ0v) is 10.5. The average Bonchev–Trinajstić information content (AvgIpc) is 2.26. The molecular weight excluding hydrogens is 204 g/mol. The van der Waals surface area contributed by atoms with Crippen molar-refractivity contribution in [3.63, 3.8) is 0 Å². The van der Waals surface area contributed by atoms with Crippen LogP contribution in [0.15, 0.2) is 0 Å². The third-order valence-electron chi connectivity index (χ3n) is 2.74. The lowest BCUT2D eigenvalue weighted by Crippen LogP contribution is -2.42. The van der Waals surface area contributed by atoms with Crippen LogP contribution in [0.25, 0.3) is 0 Å². The van der Waals surface area contributed by atoms with Gasteiger partial charge in [0.05, 0.1) is 6.04 Å². The number of nitrogens with two attached hydrogens (primary N) is 1. The highest BCUT2D eigenvalue weighted by Crippen LogP contribution is 2.09. The molecule has 0 aliphatic carbocycles. The fourth-order valence-electron chi connectivity index (χ4n) is 1.76. The van der Waals surface area contributed by atoms with Crippen molar-refractivity contribution in [2.24, 2.45) is 11.7 Å². The minimum absolute atomic E-state index is 0.0686. The zero-order chi connectivity index (χ0) is 12.4. The highest BCUT2D eigenvalue weighted by Gasteiger charge is 2.14. The van der Waals surface area contributed by atoms with E-state index in [1.165, 1.54) is 0 Å². The first kappa shape index (κ1) is 15.4. The van der Waals surface area contributed by atoms with E-state index in [2.05, 4.69) is 12.2 Å². The van der Waals surface area contributed by atoms with Crippen LogP contribution in [0.1, 0.15) is 46.0 Å². The third kappa shape index (κ3) is 6.80. The third-order valence-corrected chi connectivity index (χ3v) is 2.74. The summed E-state index contributed by atoms with van der Waals surface area (Å²) in [4.78, 5) is 11.5. The first-order chi connectivity index (χ1) is 7.65. The number of nitrogens with one attached hydrogen (secondary N) is 1. The number of amides is 1. The second-order valence-electron chi connectivity index (χ2n) is 4.31. The maximum absolute atomic E-state index is 11.5. The average molecular weight is 230 g/mol. The van der Waals surface area contributed by atoms with Gasteiger partial charge in [-0.1, -0.05) is 26.7 Å². The van der Waals surface area contributed by atoms with Crippen LogP contribution in [-0.2, 0) is 4.79 Å². The molecule has 0 bridgehead atoms. The number of rotatable bonds is 9. The van der Waals surface area contributed by atoms with Crippen molar-refractivity contribution in [3.05, 3.63) is 0 Å². The smallest absolute Gasteiger partial charge is 0.236 e. The Morgan fingerprint density at radius 1 is 1.25 bits per heavy atom. The van der Waals surface area contributed by atoms with Gasteiger partial charge in [-0.2, -0.15) is 0 Å². The normalized spacial score (nSPS) is 14.5. The van der Waals surface area contributed by atoms with Crippen molar-refractivity contribution in [1.29, 1.82) is 0 Å². The van der Waals surface area contributed by atoms with Crippen LogP contribution >= 0.6 is 0 Å². The lowest BCUT2D eigenvalue weighted by atomic mass is 10.00. The minimum Gasteiger partial charge on any atom is -0.396 e. The molecule has 4 N–H and O–H groups in total. The van der Waals surface area contributed by atoms with Crippen molar-refractivity contribution in [2.75, 3.05) is 13.2 Å². The molecule has 0 aromatic carbocycles. The van der Waals surface area contributed by atoms with Gasteiger partial charge in [-0.15, -0.1) is 0 Å². The second kappa shape index (κ2) is 9.60. The summed E-state index contributed by atoms with van der Waals surface area (Å²) in [5.74, 6) is 0.300. The van der Waals surface area contributed by atoms with Crippen molar-refractivity contribution >= 4 is 5.91 Å². The van der Waals surface area contributed by atoms with E-state index in [1.54, 1.807) is 0 Å². The van der Waals surface area contributed by atoms with E-state index in [4.69, 9.17) is 10.8 Å². The zero-order valence-electron chi connectivity index (χ0n) is 10.5. The molecule has 0 aromatic heterocycles. The SMILES string of the molecule is CCCC(CCO)CNC(=O)C(N)CCC. The Labute approximate surface area is 98.6 Å². The second-order valence-corrected chi connectivity index (χ2v) is 4.31. The first-order valence-electron chi connectivity index (χ1n) is 6.29. The predicted molar refractivity (Wildman–Crippen MR) is 66.0 cm³/mol. The molecule has 0 aliphatic heterocycles. The number of aliphatic hydroxyl groups is 1.